The lowest BCUT2D eigenvalue weighted by atomic mass is 10.1. The van der Waals surface area contributed by atoms with Crippen molar-refractivity contribution in [1.82, 2.24) is 9.97 Å². The van der Waals surface area contributed by atoms with Crippen LogP contribution in [0.15, 0.2) is 41.4 Å². The fourth-order valence-corrected chi connectivity index (χ4v) is 1.64. The summed E-state index contributed by atoms with van der Waals surface area (Å²) >= 11 is 3.46. The van der Waals surface area contributed by atoms with E-state index in [4.69, 9.17) is 0 Å². The van der Waals surface area contributed by atoms with Crippen LogP contribution in [0.5, 0.6) is 0 Å². The van der Waals surface area contributed by atoms with Gasteiger partial charge in [-0.3, -0.25) is 9.97 Å². The van der Waals surface area contributed by atoms with Crippen LogP contribution in [0, 0.1) is 6.92 Å². The summed E-state index contributed by atoms with van der Waals surface area (Å²) in [7, 11) is 0. The smallest absolute Gasteiger partial charge is 0.0413 e. The highest BCUT2D eigenvalue weighted by Gasteiger charge is 2.04. The van der Waals surface area contributed by atoms with E-state index < -0.39 is 0 Å². The summed E-state index contributed by atoms with van der Waals surface area (Å²) < 4.78 is 1.03. The molecule has 0 aliphatic carbocycles. The molecule has 3 heteroatoms. The van der Waals surface area contributed by atoms with E-state index >= 15 is 0 Å². The predicted octanol–water partition coefficient (Wildman–Crippen LogP) is 3.21. The Morgan fingerprint density at radius 2 is 2.00 bits per heavy atom. The summed E-state index contributed by atoms with van der Waals surface area (Å²) in [6.07, 6.45) is 7.27. The Balaban J connectivity index is 2.58. The maximum absolute atomic E-state index is 4.15. The van der Waals surface area contributed by atoms with Crippen LogP contribution in [0.25, 0.3) is 11.1 Å². The number of rotatable bonds is 1. The molecule has 14 heavy (non-hydrogen) atoms. The molecule has 0 saturated heterocycles. The number of nitrogens with zero attached hydrogens (tertiary/aromatic N) is 2. The van der Waals surface area contributed by atoms with Gasteiger partial charge in [0, 0.05) is 40.4 Å². The summed E-state index contributed by atoms with van der Waals surface area (Å²) in [5.41, 5.74) is 3.40. The zero-order valence-corrected chi connectivity index (χ0v) is 9.32. The molecule has 0 N–H and O–H groups in total. The standard InChI is InChI=1S/C11H9BrN2/c1-8-10(6-14-7-11(8)12)9-3-2-4-13-5-9/h2-7H,1H3. The van der Waals surface area contributed by atoms with Gasteiger partial charge in [-0.15, -0.1) is 0 Å². The van der Waals surface area contributed by atoms with Gasteiger partial charge in [-0.25, -0.2) is 0 Å². The molecule has 2 aromatic heterocycles. The third kappa shape index (κ3) is 1.68. The Labute approximate surface area is 91.2 Å². The average molecular weight is 249 g/mol. The van der Waals surface area contributed by atoms with Crippen molar-refractivity contribution < 1.29 is 0 Å². The second-order valence-electron chi connectivity index (χ2n) is 3.04. The van der Waals surface area contributed by atoms with Crippen LogP contribution in [-0.4, -0.2) is 9.97 Å². The lowest BCUT2D eigenvalue weighted by Gasteiger charge is -2.05. The minimum absolute atomic E-state index is 1.03. The third-order valence-electron chi connectivity index (χ3n) is 2.13. The second kappa shape index (κ2) is 3.88. The Kier molecular flexibility index (Phi) is 2.59. The van der Waals surface area contributed by atoms with Crippen molar-refractivity contribution in [2.45, 2.75) is 6.92 Å². The van der Waals surface area contributed by atoms with E-state index in [1.54, 1.807) is 12.4 Å². The first-order chi connectivity index (χ1) is 6.79. The maximum Gasteiger partial charge on any atom is 0.0413 e. The molecule has 2 heterocycles. The monoisotopic (exact) mass is 248 g/mol. The van der Waals surface area contributed by atoms with Crippen LogP contribution in [0.2, 0.25) is 0 Å². The zero-order valence-electron chi connectivity index (χ0n) is 7.74. The molecule has 0 aliphatic rings. The summed E-state index contributed by atoms with van der Waals surface area (Å²) in [5, 5.41) is 0. The molecule has 2 rings (SSSR count). The molecule has 0 aromatic carbocycles. The number of aromatic nitrogens is 2. The molecule has 2 aromatic rings. The van der Waals surface area contributed by atoms with Gasteiger partial charge >= 0.3 is 0 Å². The van der Waals surface area contributed by atoms with E-state index in [0.717, 1.165) is 15.6 Å². The van der Waals surface area contributed by atoms with Crippen LogP contribution in [0.1, 0.15) is 5.56 Å². The average Bonchev–Trinajstić information content (AvgIpc) is 2.23. The molecule has 0 unspecified atom stereocenters. The van der Waals surface area contributed by atoms with Gasteiger partial charge < -0.3 is 0 Å². The van der Waals surface area contributed by atoms with Gasteiger partial charge in [0.25, 0.3) is 0 Å². The van der Waals surface area contributed by atoms with Crippen molar-refractivity contribution in [3.63, 3.8) is 0 Å². The van der Waals surface area contributed by atoms with E-state index in [1.165, 1.54) is 5.56 Å². The highest BCUT2D eigenvalue weighted by Crippen LogP contribution is 2.26. The predicted molar refractivity (Wildman–Crippen MR) is 59.9 cm³/mol. The topological polar surface area (TPSA) is 25.8 Å². The van der Waals surface area contributed by atoms with Gasteiger partial charge in [-0.2, -0.15) is 0 Å². The number of hydrogen-bond acceptors (Lipinski definition) is 2. The van der Waals surface area contributed by atoms with Crippen molar-refractivity contribution in [2.75, 3.05) is 0 Å². The summed E-state index contributed by atoms with van der Waals surface area (Å²) in [6, 6.07) is 3.96. The van der Waals surface area contributed by atoms with Crippen LogP contribution in [0.3, 0.4) is 0 Å². The Bertz CT molecular complexity index is 440. The highest BCUT2D eigenvalue weighted by atomic mass is 79.9. The lowest BCUT2D eigenvalue weighted by Crippen LogP contribution is -1.87. The second-order valence-corrected chi connectivity index (χ2v) is 3.89. The Morgan fingerprint density at radius 1 is 1.14 bits per heavy atom. The largest absolute Gasteiger partial charge is 0.264 e. The molecule has 70 valence electrons. The van der Waals surface area contributed by atoms with E-state index in [-0.39, 0.29) is 0 Å². The highest BCUT2D eigenvalue weighted by molar-refractivity contribution is 9.10. The minimum atomic E-state index is 1.03. The van der Waals surface area contributed by atoms with Gasteiger partial charge in [0.2, 0.25) is 0 Å². The number of hydrogen-bond donors (Lipinski definition) is 0. The summed E-state index contributed by atoms with van der Waals surface area (Å²) in [6.45, 7) is 2.06. The summed E-state index contributed by atoms with van der Waals surface area (Å²) in [4.78, 5) is 8.24. The Hall–Kier alpha value is -1.22. The first kappa shape index (κ1) is 9.34. The number of pyridine rings is 2. The summed E-state index contributed by atoms with van der Waals surface area (Å²) in [5.74, 6) is 0. The van der Waals surface area contributed by atoms with Crippen molar-refractivity contribution in [3.8, 4) is 11.1 Å². The molecule has 0 atom stereocenters. The van der Waals surface area contributed by atoms with E-state index in [9.17, 15) is 0 Å². The van der Waals surface area contributed by atoms with Crippen LogP contribution in [-0.2, 0) is 0 Å². The molecule has 2 nitrogen and oxygen atoms in total. The SMILES string of the molecule is Cc1c(Br)cncc1-c1cccnc1. The first-order valence-electron chi connectivity index (χ1n) is 4.29. The molecule has 0 spiro atoms. The van der Waals surface area contributed by atoms with Gasteiger partial charge in [0.15, 0.2) is 0 Å². The van der Waals surface area contributed by atoms with E-state index in [1.807, 2.05) is 24.5 Å². The fraction of sp³-hybridized carbons (Fsp3) is 0.0909. The molecule has 0 aliphatic heterocycles. The molecule has 0 saturated carbocycles. The molecule has 0 amide bonds. The van der Waals surface area contributed by atoms with Crippen LogP contribution >= 0.6 is 15.9 Å². The van der Waals surface area contributed by atoms with Crippen LogP contribution < -0.4 is 0 Å². The minimum Gasteiger partial charge on any atom is -0.264 e. The molecule has 0 radical (unpaired) electrons. The molecule has 0 fully saturated rings. The quantitative estimate of drug-likeness (QED) is 0.775. The lowest BCUT2D eigenvalue weighted by molar-refractivity contribution is 1.25. The molecular formula is C11H9BrN2. The maximum atomic E-state index is 4.15. The van der Waals surface area contributed by atoms with Gasteiger partial charge in [-0.1, -0.05) is 6.07 Å². The van der Waals surface area contributed by atoms with Gasteiger partial charge in [0.05, 0.1) is 0 Å². The third-order valence-corrected chi connectivity index (χ3v) is 2.93. The van der Waals surface area contributed by atoms with Gasteiger partial charge in [0.1, 0.15) is 0 Å². The van der Waals surface area contributed by atoms with Crippen LogP contribution in [0.4, 0.5) is 0 Å². The molecular weight excluding hydrogens is 240 g/mol. The van der Waals surface area contributed by atoms with Crippen molar-refractivity contribution in [3.05, 3.63) is 47.0 Å². The van der Waals surface area contributed by atoms with E-state index in [0.29, 0.717) is 0 Å². The fourth-order valence-electron chi connectivity index (χ4n) is 1.31. The number of halogens is 1. The van der Waals surface area contributed by atoms with Crippen molar-refractivity contribution >= 4 is 15.9 Å². The normalized spacial score (nSPS) is 10.1. The Morgan fingerprint density at radius 3 is 2.71 bits per heavy atom. The first-order valence-corrected chi connectivity index (χ1v) is 5.09. The van der Waals surface area contributed by atoms with E-state index in [2.05, 4.69) is 32.8 Å². The van der Waals surface area contributed by atoms with Crippen molar-refractivity contribution in [2.24, 2.45) is 0 Å². The molecule has 0 bridgehead atoms. The zero-order chi connectivity index (χ0) is 9.97. The van der Waals surface area contributed by atoms with Crippen molar-refractivity contribution in [1.29, 1.82) is 0 Å². The van der Waals surface area contributed by atoms with Gasteiger partial charge in [-0.05, 0) is 34.5 Å².